The van der Waals surface area contributed by atoms with Gasteiger partial charge in [0.2, 0.25) is 18.0 Å². The van der Waals surface area contributed by atoms with Crippen LogP contribution in [-0.2, 0) is 6.54 Å². The van der Waals surface area contributed by atoms with Gasteiger partial charge < -0.3 is 5.21 Å². The van der Waals surface area contributed by atoms with Gasteiger partial charge in [-0.3, -0.25) is 4.79 Å². The second-order valence-corrected chi connectivity index (χ2v) is 4.11. The van der Waals surface area contributed by atoms with E-state index in [0.717, 1.165) is 0 Å². The molecule has 0 spiro atoms. The molecular formula is C15H12N3O2+. The number of oxime groups is 1. The van der Waals surface area contributed by atoms with E-state index in [9.17, 15) is 4.79 Å². The van der Waals surface area contributed by atoms with Gasteiger partial charge in [0, 0.05) is 17.7 Å². The monoisotopic (exact) mass is 266 g/mol. The number of ketones is 1. The molecule has 0 saturated carbocycles. The van der Waals surface area contributed by atoms with Crippen molar-refractivity contribution in [2.24, 2.45) is 5.16 Å². The van der Waals surface area contributed by atoms with E-state index < -0.39 is 0 Å². The predicted molar refractivity (Wildman–Crippen MR) is 71.5 cm³/mol. The van der Waals surface area contributed by atoms with Gasteiger partial charge in [0.1, 0.15) is 6.21 Å². The molecule has 2 aromatic rings. The van der Waals surface area contributed by atoms with Gasteiger partial charge >= 0.3 is 0 Å². The number of carbonyl (C=O) groups excluding carboxylic acids is 1. The normalized spacial score (nSPS) is 10.3. The fraction of sp³-hybridized carbons (Fsp3) is 0.0667. The third kappa shape index (κ3) is 3.06. The Labute approximate surface area is 116 Å². The minimum absolute atomic E-state index is 0.0849. The first-order valence-corrected chi connectivity index (χ1v) is 5.94. The summed E-state index contributed by atoms with van der Waals surface area (Å²) in [4.78, 5) is 12.2. The van der Waals surface area contributed by atoms with Crippen LogP contribution >= 0.6 is 0 Å². The minimum Gasteiger partial charge on any atom is -0.411 e. The standard InChI is InChI=1S/C15H11N3O2/c16-9-12-4-6-13(7-5-12)15(19)11-18-8-2-1-3-14(18)10-17-20/h1-8,10H,11H2/p+1. The lowest BCUT2D eigenvalue weighted by Gasteiger charge is -2.00. The van der Waals surface area contributed by atoms with Gasteiger partial charge in [0.15, 0.2) is 6.20 Å². The van der Waals surface area contributed by atoms with Gasteiger partial charge in [0.05, 0.1) is 11.6 Å². The predicted octanol–water partition coefficient (Wildman–Crippen LogP) is 1.54. The summed E-state index contributed by atoms with van der Waals surface area (Å²) >= 11 is 0. The summed E-state index contributed by atoms with van der Waals surface area (Å²) in [5.74, 6) is -0.0849. The van der Waals surface area contributed by atoms with Crippen LogP contribution in [0.3, 0.4) is 0 Å². The molecular weight excluding hydrogens is 254 g/mol. The molecule has 0 amide bonds. The molecule has 0 atom stereocenters. The van der Waals surface area contributed by atoms with E-state index in [1.54, 1.807) is 53.2 Å². The van der Waals surface area contributed by atoms with E-state index in [0.29, 0.717) is 16.8 Å². The highest BCUT2D eigenvalue weighted by atomic mass is 16.4. The maximum atomic E-state index is 12.2. The smallest absolute Gasteiger partial charge is 0.227 e. The van der Waals surface area contributed by atoms with Crippen molar-refractivity contribution in [3.8, 4) is 6.07 Å². The second-order valence-electron chi connectivity index (χ2n) is 4.11. The number of pyridine rings is 1. The van der Waals surface area contributed by atoms with Crippen molar-refractivity contribution in [1.82, 2.24) is 0 Å². The quantitative estimate of drug-likeness (QED) is 0.300. The zero-order chi connectivity index (χ0) is 14.4. The molecule has 2 rings (SSSR count). The lowest BCUT2D eigenvalue weighted by Crippen LogP contribution is -2.41. The van der Waals surface area contributed by atoms with Gasteiger partial charge in [-0.2, -0.15) is 9.83 Å². The summed E-state index contributed by atoms with van der Waals surface area (Å²) in [6.45, 7) is 0.133. The molecule has 5 nitrogen and oxygen atoms in total. The van der Waals surface area contributed by atoms with Gasteiger partial charge in [-0.05, 0) is 30.3 Å². The van der Waals surface area contributed by atoms with E-state index in [-0.39, 0.29) is 12.3 Å². The lowest BCUT2D eigenvalue weighted by molar-refractivity contribution is -0.684. The summed E-state index contributed by atoms with van der Waals surface area (Å²) < 4.78 is 1.68. The third-order valence-electron chi connectivity index (χ3n) is 2.82. The fourth-order valence-corrected chi connectivity index (χ4v) is 1.79. The van der Waals surface area contributed by atoms with Crippen LogP contribution in [-0.4, -0.2) is 17.2 Å². The molecule has 0 unspecified atom stereocenters. The summed E-state index contributed by atoms with van der Waals surface area (Å²) in [7, 11) is 0. The Morgan fingerprint density at radius 3 is 2.70 bits per heavy atom. The summed E-state index contributed by atoms with van der Waals surface area (Å²) in [5, 5.41) is 20.3. The molecule has 1 aromatic heterocycles. The van der Waals surface area contributed by atoms with Crippen LogP contribution in [0.15, 0.2) is 53.8 Å². The van der Waals surface area contributed by atoms with Gasteiger partial charge in [-0.25, -0.2) is 0 Å². The highest BCUT2D eigenvalue weighted by Gasteiger charge is 2.15. The molecule has 1 N–H and O–H groups in total. The zero-order valence-electron chi connectivity index (χ0n) is 10.6. The maximum absolute atomic E-state index is 12.2. The molecule has 0 fully saturated rings. The first-order valence-electron chi connectivity index (χ1n) is 5.94. The number of nitriles is 1. The molecule has 0 bridgehead atoms. The molecule has 0 radical (unpaired) electrons. The Balaban J connectivity index is 2.21. The first kappa shape index (κ1) is 13.4. The molecule has 0 aliphatic carbocycles. The summed E-state index contributed by atoms with van der Waals surface area (Å²) in [5.41, 5.74) is 1.67. The number of carbonyl (C=O) groups is 1. The number of hydrogen-bond donors (Lipinski definition) is 1. The highest BCUT2D eigenvalue weighted by Crippen LogP contribution is 2.04. The number of benzene rings is 1. The van der Waals surface area contributed by atoms with Crippen molar-refractivity contribution in [2.45, 2.75) is 6.54 Å². The Morgan fingerprint density at radius 2 is 2.05 bits per heavy atom. The van der Waals surface area contributed by atoms with Crippen LogP contribution in [0.2, 0.25) is 0 Å². The first-order chi connectivity index (χ1) is 9.74. The SMILES string of the molecule is N#Cc1ccc(C(=O)C[n+]2ccccc2C=NO)cc1. The Kier molecular flexibility index (Phi) is 4.20. The molecule has 0 aliphatic rings. The third-order valence-corrected chi connectivity index (χ3v) is 2.82. The van der Waals surface area contributed by atoms with Crippen molar-refractivity contribution in [3.63, 3.8) is 0 Å². The van der Waals surface area contributed by atoms with Crippen LogP contribution < -0.4 is 4.57 Å². The largest absolute Gasteiger partial charge is 0.411 e. The molecule has 1 heterocycles. The van der Waals surface area contributed by atoms with Gasteiger partial charge in [0.25, 0.3) is 0 Å². The van der Waals surface area contributed by atoms with Gasteiger partial charge in [-0.1, -0.05) is 5.16 Å². The van der Waals surface area contributed by atoms with Crippen LogP contribution in [0.5, 0.6) is 0 Å². The van der Waals surface area contributed by atoms with Crippen molar-refractivity contribution >= 4 is 12.0 Å². The number of rotatable bonds is 4. The van der Waals surface area contributed by atoms with Crippen molar-refractivity contribution in [3.05, 3.63) is 65.5 Å². The number of Topliss-reactive ketones (excluding diaryl/α,β-unsaturated/α-hetero) is 1. The highest BCUT2D eigenvalue weighted by molar-refractivity contribution is 5.95. The van der Waals surface area contributed by atoms with E-state index in [4.69, 9.17) is 10.5 Å². The Morgan fingerprint density at radius 1 is 1.30 bits per heavy atom. The molecule has 0 saturated heterocycles. The van der Waals surface area contributed by atoms with Crippen LogP contribution in [0.1, 0.15) is 21.6 Å². The zero-order valence-corrected chi connectivity index (χ0v) is 10.6. The van der Waals surface area contributed by atoms with Crippen molar-refractivity contribution in [2.75, 3.05) is 0 Å². The van der Waals surface area contributed by atoms with Crippen LogP contribution in [0, 0.1) is 11.3 Å². The molecule has 98 valence electrons. The van der Waals surface area contributed by atoms with E-state index in [1.807, 2.05) is 6.07 Å². The molecule has 20 heavy (non-hydrogen) atoms. The average molecular weight is 266 g/mol. The summed E-state index contributed by atoms with van der Waals surface area (Å²) in [6, 6.07) is 13.8. The van der Waals surface area contributed by atoms with Crippen LogP contribution in [0.25, 0.3) is 0 Å². The summed E-state index contributed by atoms with van der Waals surface area (Å²) in [6.07, 6.45) is 3.00. The average Bonchev–Trinajstić information content (AvgIpc) is 2.49. The van der Waals surface area contributed by atoms with Crippen molar-refractivity contribution in [1.29, 1.82) is 5.26 Å². The Hall–Kier alpha value is -3.00. The minimum atomic E-state index is -0.0849. The van der Waals surface area contributed by atoms with E-state index in [1.165, 1.54) is 6.21 Å². The van der Waals surface area contributed by atoms with Crippen LogP contribution in [0.4, 0.5) is 0 Å². The number of hydrogen-bond acceptors (Lipinski definition) is 4. The second kappa shape index (κ2) is 6.25. The van der Waals surface area contributed by atoms with Gasteiger partial charge in [-0.15, -0.1) is 0 Å². The Bertz CT molecular complexity index is 685. The van der Waals surface area contributed by atoms with Crippen molar-refractivity contribution < 1.29 is 14.6 Å². The molecule has 1 aromatic carbocycles. The maximum Gasteiger partial charge on any atom is 0.227 e. The molecule has 5 heteroatoms. The van der Waals surface area contributed by atoms with E-state index in [2.05, 4.69) is 5.16 Å². The van der Waals surface area contributed by atoms with E-state index >= 15 is 0 Å². The fourth-order valence-electron chi connectivity index (χ4n) is 1.79. The number of aromatic nitrogens is 1. The molecule has 0 aliphatic heterocycles. The topological polar surface area (TPSA) is 77.3 Å². The lowest BCUT2D eigenvalue weighted by atomic mass is 10.1. The number of nitrogens with zero attached hydrogens (tertiary/aromatic N) is 3.